The van der Waals surface area contributed by atoms with Gasteiger partial charge in [0.25, 0.3) is 5.56 Å². The lowest BCUT2D eigenvalue weighted by atomic mass is 9.82. The van der Waals surface area contributed by atoms with Crippen LogP contribution in [0, 0.1) is 5.92 Å². The Hall–Kier alpha value is -1.95. The molecular weight excluding hydrogens is 380 g/mol. The van der Waals surface area contributed by atoms with Gasteiger partial charge in [-0.15, -0.1) is 11.3 Å². The van der Waals surface area contributed by atoms with Crippen LogP contribution in [0.3, 0.4) is 0 Å². The van der Waals surface area contributed by atoms with E-state index in [0.29, 0.717) is 11.8 Å². The van der Waals surface area contributed by atoms with Crippen molar-refractivity contribution in [1.82, 2.24) is 4.57 Å². The molecule has 2 aromatic heterocycles. The monoisotopic (exact) mass is 407 g/mol. The SMILES string of the molecule is O=c1c(-c2cc3ccccc3s2)ccc2n1C[C@H]1C[C@@H]2C[NH+](C2CCOCC2)C1. The van der Waals surface area contributed by atoms with E-state index in [1.165, 1.54) is 48.1 Å². The second kappa shape index (κ2) is 7.08. The molecule has 3 aromatic rings. The Bertz CT molecular complexity index is 1080. The van der Waals surface area contributed by atoms with Crippen LogP contribution in [0.25, 0.3) is 20.5 Å². The number of nitrogens with zero attached hydrogens (tertiary/aromatic N) is 1. The van der Waals surface area contributed by atoms with Crippen LogP contribution in [0.5, 0.6) is 0 Å². The third-order valence-electron chi connectivity index (χ3n) is 7.23. The third kappa shape index (κ3) is 3.07. The van der Waals surface area contributed by atoms with E-state index in [-0.39, 0.29) is 5.56 Å². The van der Waals surface area contributed by atoms with Crippen molar-refractivity contribution in [3.05, 3.63) is 58.5 Å². The summed E-state index contributed by atoms with van der Waals surface area (Å²) in [5.41, 5.74) is 2.34. The highest BCUT2D eigenvalue weighted by atomic mass is 32.1. The number of ether oxygens (including phenoxy) is 1. The van der Waals surface area contributed by atoms with Crippen LogP contribution in [0.4, 0.5) is 0 Å². The van der Waals surface area contributed by atoms with Gasteiger partial charge in [-0.05, 0) is 36.1 Å². The molecule has 29 heavy (non-hydrogen) atoms. The predicted octanol–water partition coefficient (Wildman–Crippen LogP) is 2.91. The van der Waals surface area contributed by atoms with Gasteiger partial charge < -0.3 is 14.2 Å². The molecule has 2 saturated heterocycles. The van der Waals surface area contributed by atoms with Gasteiger partial charge in [-0.1, -0.05) is 18.2 Å². The number of piperidine rings is 1. The lowest BCUT2D eigenvalue weighted by Crippen LogP contribution is -3.18. The van der Waals surface area contributed by atoms with Gasteiger partial charge in [-0.3, -0.25) is 4.79 Å². The van der Waals surface area contributed by atoms with Crippen molar-refractivity contribution in [1.29, 1.82) is 0 Å². The normalized spacial score (nSPS) is 27.1. The number of hydrogen-bond donors (Lipinski definition) is 1. The molecule has 0 aliphatic carbocycles. The highest BCUT2D eigenvalue weighted by molar-refractivity contribution is 7.22. The van der Waals surface area contributed by atoms with Gasteiger partial charge in [-0.2, -0.15) is 0 Å². The molecule has 150 valence electrons. The summed E-state index contributed by atoms with van der Waals surface area (Å²) in [4.78, 5) is 16.3. The van der Waals surface area contributed by atoms with Crippen molar-refractivity contribution in [3.8, 4) is 10.4 Å². The summed E-state index contributed by atoms with van der Waals surface area (Å²) >= 11 is 1.73. The first-order chi connectivity index (χ1) is 14.3. The summed E-state index contributed by atoms with van der Waals surface area (Å²) in [5.74, 6) is 1.14. The van der Waals surface area contributed by atoms with Gasteiger partial charge in [0, 0.05) is 46.5 Å². The molecule has 1 N–H and O–H groups in total. The molecule has 5 heteroatoms. The van der Waals surface area contributed by atoms with E-state index in [4.69, 9.17) is 4.74 Å². The summed E-state index contributed by atoms with van der Waals surface area (Å²) in [6.45, 7) is 5.09. The summed E-state index contributed by atoms with van der Waals surface area (Å²) in [7, 11) is 0. The van der Waals surface area contributed by atoms with Crippen molar-refractivity contribution in [2.45, 2.75) is 37.8 Å². The maximum atomic E-state index is 13.5. The molecule has 0 spiro atoms. The average molecular weight is 408 g/mol. The zero-order valence-electron chi connectivity index (χ0n) is 16.6. The van der Waals surface area contributed by atoms with E-state index in [0.717, 1.165) is 36.2 Å². The van der Waals surface area contributed by atoms with E-state index in [9.17, 15) is 4.79 Å². The van der Waals surface area contributed by atoms with Crippen LogP contribution in [0.1, 0.15) is 30.9 Å². The van der Waals surface area contributed by atoms with E-state index < -0.39 is 0 Å². The topological polar surface area (TPSA) is 35.7 Å². The fourth-order valence-electron chi connectivity index (χ4n) is 5.84. The molecule has 3 atom stereocenters. The molecule has 2 fully saturated rings. The third-order valence-corrected chi connectivity index (χ3v) is 8.38. The lowest BCUT2D eigenvalue weighted by molar-refractivity contribution is -0.937. The first-order valence-electron chi connectivity index (χ1n) is 10.9. The molecule has 2 bridgehead atoms. The minimum absolute atomic E-state index is 0.207. The van der Waals surface area contributed by atoms with E-state index in [2.05, 4.69) is 47.0 Å². The van der Waals surface area contributed by atoms with Gasteiger partial charge in [0.2, 0.25) is 0 Å². The van der Waals surface area contributed by atoms with Gasteiger partial charge in [0.1, 0.15) is 0 Å². The van der Waals surface area contributed by atoms with Crippen LogP contribution in [-0.2, 0) is 11.3 Å². The van der Waals surface area contributed by atoms with Crippen LogP contribution in [-0.4, -0.2) is 36.9 Å². The van der Waals surface area contributed by atoms with Crippen molar-refractivity contribution in [2.24, 2.45) is 5.92 Å². The van der Waals surface area contributed by atoms with Crippen LogP contribution in [0.15, 0.2) is 47.3 Å². The summed E-state index contributed by atoms with van der Waals surface area (Å²) in [6, 6.07) is 15.6. The predicted molar refractivity (Wildman–Crippen MR) is 117 cm³/mol. The average Bonchev–Trinajstić information content (AvgIpc) is 3.19. The van der Waals surface area contributed by atoms with Gasteiger partial charge in [0.05, 0.1) is 37.9 Å². The first kappa shape index (κ1) is 17.9. The summed E-state index contributed by atoms with van der Waals surface area (Å²) < 4.78 is 8.93. The fourth-order valence-corrected chi connectivity index (χ4v) is 6.92. The number of likely N-dealkylation sites (tertiary alicyclic amines) is 1. The first-order valence-corrected chi connectivity index (χ1v) is 11.7. The number of aromatic nitrogens is 1. The fraction of sp³-hybridized carbons (Fsp3) is 0.458. The molecule has 4 nitrogen and oxygen atoms in total. The number of hydrogen-bond acceptors (Lipinski definition) is 3. The lowest BCUT2D eigenvalue weighted by Gasteiger charge is -2.44. The molecule has 3 aliphatic heterocycles. The Morgan fingerprint density at radius 3 is 2.79 bits per heavy atom. The highest BCUT2D eigenvalue weighted by Crippen LogP contribution is 2.35. The minimum Gasteiger partial charge on any atom is -0.381 e. The number of nitrogens with one attached hydrogen (secondary N) is 1. The number of quaternary nitrogens is 1. The second-order valence-corrected chi connectivity index (χ2v) is 10.1. The quantitative estimate of drug-likeness (QED) is 0.709. The van der Waals surface area contributed by atoms with Gasteiger partial charge >= 0.3 is 0 Å². The number of fused-ring (bicyclic) bond motifs is 5. The molecule has 0 saturated carbocycles. The standard InChI is InChI=1S/C24H26N2O2S/c27-24-20(23-12-17-3-1-2-4-22(17)29-23)5-6-21-18-11-16(14-26(21)24)13-25(15-18)19-7-9-28-10-8-19/h1-6,12,16,18-19H,7-11,13-15H2/p+1/t16-,18+/m0/s1. The van der Waals surface area contributed by atoms with Crippen LogP contribution >= 0.6 is 11.3 Å². The Morgan fingerprint density at radius 2 is 1.93 bits per heavy atom. The Kier molecular flexibility index (Phi) is 4.36. The Morgan fingerprint density at radius 1 is 1.07 bits per heavy atom. The molecule has 1 aromatic carbocycles. The molecule has 0 radical (unpaired) electrons. The summed E-state index contributed by atoms with van der Waals surface area (Å²) in [5, 5.41) is 1.22. The van der Waals surface area contributed by atoms with Gasteiger partial charge in [0.15, 0.2) is 0 Å². The highest BCUT2D eigenvalue weighted by Gasteiger charge is 2.40. The smallest absolute Gasteiger partial charge is 0.259 e. The molecule has 3 aliphatic rings. The molecule has 0 amide bonds. The van der Waals surface area contributed by atoms with Crippen molar-refractivity contribution in [2.75, 3.05) is 26.3 Å². The maximum absolute atomic E-state index is 13.5. The van der Waals surface area contributed by atoms with Crippen LogP contribution < -0.4 is 10.5 Å². The van der Waals surface area contributed by atoms with E-state index in [1.807, 2.05) is 0 Å². The van der Waals surface area contributed by atoms with E-state index in [1.54, 1.807) is 16.2 Å². The van der Waals surface area contributed by atoms with Crippen LogP contribution in [0.2, 0.25) is 0 Å². The van der Waals surface area contributed by atoms with E-state index >= 15 is 0 Å². The van der Waals surface area contributed by atoms with Crippen molar-refractivity contribution >= 4 is 21.4 Å². The zero-order valence-corrected chi connectivity index (χ0v) is 17.4. The zero-order chi connectivity index (χ0) is 19.4. The maximum Gasteiger partial charge on any atom is 0.259 e. The molecule has 5 heterocycles. The van der Waals surface area contributed by atoms with Crippen molar-refractivity contribution < 1.29 is 9.64 Å². The van der Waals surface area contributed by atoms with Crippen molar-refractivity contribution in [3.63, 3.8) is 0 Å². The number of pyridine rings is 1. The minimum atomic E-state index is 0.207. The Balaban J connectivity index is 1.34. The molecule has 1 unspecified atom stereocenters. The van der Waals surface area contributed by atoms with Gasteiger partial charge in [-0.25, -0.2) is 0 Å². The molecular formula is C24H27N2O2S+. The second-order valence-electron chi connectivity index (χ2n) is 8.99. The molecule has 6 rings (SSSR count). The number of rotatable bonds is 2. The summed E-state index contributed by atoms with van der Waals surface area (Å²) in [6.07, 6.45) is 3.62. The Labute approximate surface area is 174 Å². The number of benzene rings is 1. The number of thiophene rings is 1. The largest absolute Gasteiger partial charge is 0.381 e.